The molecule has 0 aliphatic heterocycles. The Balaban J connectivity index is 2.89. The first kappa shape index (κ1) is 8.97. The molecule has 0 amide bonds. The molecular formula is C7H8O4P+. The highest BCUT2D eigenvalue weighted by Gasteiger charge is 2.17. The van der Waals surface area contributed by atoms with Crippen LogP contribution < -0.4 is 9.26 Å². The van der Waals surface area contributed by atoms with E-state index in [-0.39, 0.29) is 5.75 Å². The summed E-state index contributed by atoms with van der Waals surface area (Å²) >= 11 is 0. The van der Waals surface area contributed by atoms with Crippen LogP contribution in [0, 0.1) is 0 Å². The quantitative estimate of drug-likeness (QED) is 0.732. The van der Waals surface area contributed by atoms with Crippen molar-refractivity contribution >= 4 is 8.25 Å². The third-order valence-corrected chi connectivity index (χ3v) is 1.60. The van der Waals surface area contributed by atoms with Crippen LogP contribution in [0.1, 0.15) is 0 Å². The van der Waals surface area contributed by atoms with Gasteiger partial charge in [0.1, 0.15) is 0 Å². The largest absolute Gasteiger partial charge is 0.747 e. The van der Waals surface area contributed by atoms with Gasteiger partial charge in [0.15, 0.2) is 5.75 Å². The Labute approximate surface area is 70.7 Å². The van der Waals surface area contributed by atoms with Crippen LogP contribution in [0.2, 0.25) is 0 Å². The summed E-state index contributed by atoms with van der Waals surface area (Å²) < 4.78 is 19.8. The molecule has 1 rings (SSSR count). The third-order valence-electron chi connectivity index (χ3n) is 1.25. The highest BCUT2D eigenvalue weighted by molar-refractivity contribution is 7.32. The summed E-state index contributed by atoms with van der Waals surface area (Å²) in [7, 11) is -1.16. The Morgan fingerprint density at radius 2 is 1.92 bits per heavy atom. The van der Waals surface area contributed by atoms with E-state index in [9.17, 15) is 4.57 Å². The number of hydrogen-bond donors (Lipinski definition) is 1. The Bertz CT molecular complexity index is 286. The summed E-state index contributed by atoms with van der Waals surface area (Å²) in [5, 5.41) is 0. The molecule has 0 bridgehead atoms. The predicted octanol–water partition coefficient (Wildman–Crippen LogP) is 1.72. The van der Waals surface area contributed by atoms with E-state index in [1.54, 1.807) is 24.3 Å². The Morgan fingerprint density at radius 1 is 1.33 bits per heavy atom. The van der Waals surface area contributed by atoms with Crippen molar-refractivity contribution in [3.8, 4) is 11.5 Å². The molecule has 0 heterocycles. The first-order valence-electron chi connectivity index (χ1n) is 3.21. The van der Waals surface area contributed by atoms with E-state index in [4.69, 9.17) is 9.63 Å². The molecule has 1 aromatic carbocycles. The van der Waals surface area contributed by atoms with E-state index >= 15 is 0 Å². The zero-order valence-corrected chi connectivity index (χ0v) is 7.32. The van der Waals surface area contributed by atoms with Gasteiger partial charge >= 0.3 is 8.25 Å². The van der Waals surface area contributed by atoms with Gasteiger partial charge in [0.25, 0.3) is 0 Å². The van der Waals surface area contributed by atoms with Crippen LogP contribution in [0.15, 0.2) is 24.3 Å². The van der Waals surface area contributed by atoms with E-state index < -0.39 is 8.25 Å². The number of benzene rings is 1. The first-order chi connectivity index (χ1) is 5.74. The van der Waals surface area contributed by atoms with Gasteiger partial charge in [-0.05, 0) is 12.1 Å². The van der Waals surface area contributed by atoms with Crippen LogP contribution in [-0.4, -0.2) is 12.0 Å². The predicted molar refractivity (Wildman–Crippen MR) is 43.4 cm³/mol. The summed E-state index contributed by atoms with van der Waals surface area (Å²) in [6.45, 7) is 0. The van der Waals surface area contributed by atoms with Gasteiger partial charge in [0.2, 0.25) is 5.75 Å². The fourth-order valence-corrected chi connectivity index (χ4v) is 1.10. The van der Waals surface area contributed by atoms with Gasteiger partial charge < -0.3 is 4.74 Å². The summed E-state index contributed by atoms with van der Waals surface area (Å²) in [6, 6.07) is 6.64. The lowest BCUT2D eigenvalue weighted by atomic mass is 10.3. The molecule has 1 unspecified atom stereocenters. The molecule has 1 aromatic rings. The molecule has 1 N–H and O–H groups in total. The molecule has 1 atom stereocenters. The minimum atomic E-state index is -2.63. The topological polar surface area (TPSA) is 55.8 Å². The zero-order valence-electron chi connectivity index (χ0n) is 6.43. The molecule has 0 saturated carbocycles. The summed E-state index contributed by atoms with van der Waals surface area (Å²) in [6.07, 6.45) is 0. The Morgan fingerprint density at radius 3 is 2.42 bits per heavy atom. The normalized spacial score (nSPS) is 10.7. The molecule has 0 saturated heterocycles. The maximum Gasteiger partial charge on any atom is 0.747 e. The van der Waals surface area contributed by atoms with Gasteiger partial charge in [-0.3, -0.25) is 0 Å². The zero-order chi connectivity index (χ0) is 8.97. The number of ether oxygens (including phenoxy) is 1. The second kappa shape index (κ2) is 4.04. The van der Waals surface area contributed by atoms with Gasteiger partial charge in [0.05, 0.1) is 7.11 Å². The molecule has 0 aliphatic rings. The maximum atomic E-state index is 10.3. The first-order valence-corrected chi connectivity index (χ1v) is 4.34. The van der Waals surface area contributed by atoms with Crippen LogP contribution in [-0.2, 0) is 4.57 Å². The van der Waals surface area contributed by atoms with Crippen LogP contribution in [0.3, 0.4) is 0 Å². The number of methoxy groups -OCH3 is 1. The maximum absolute atomic E-state index is 10.3. The van der Waals surface area contributed by atoms with Crippen LogP contribution in [0.5, 0.6) is 11.5 Å². The van der Waals surface area contributed by atoms with Crippen molar-refractivity contribution in [1.29, 1.82) is 0 Å². The molecule has 0 aromatic heterocycles. The van der Waals surface area contributed by atoms with Crippen molar-refractivity contribution in [2.45, 2.75) is 0 Å². The molecule has 64 valence electrons. The molecule has 4 nitrogen and oxygen atoms in total. The van der Waals surface area contributed by atoms with Crippen LogP contribution in [0.25, 0.3) is 0 Å². The molecule has 5 heteroatoms. The third kappa shape index (κ3) is 2.19. The van der Waals surface area contributed by atoms with E-state index in [2.05, 4.69) is 4.52 Å². The molecule has 0 aliphatic carbocycles. The molecule has 0 radical (unpaired) electrons. The van der Waals surface area contributed by atoms with E-state index in [1.807, 2.05) is 0 Å². The Hall–Kier alpha value is -1.12. The molecular weight excluding hydrogens is 179 g/mol. The Kier molecular flexibility index (Phi) is 3.02. The summed E-state index contributed by atoms with van der Waals surface area (Å²) in [5.74, 6) is 0.707. The van der Waals surface area contributed by atoms with Crippen LogP contribution >= 0.6 is 8.25 Å². The smallest absolute Gasteiger partial charge is 0.493 e. The lowest BCUT2D eigenvalue weighted by Crippen LogP contribution is -1.87. The SMILES string of the molecule is COc1ccccc1O[P+](=O)O. The van der Waals surface area contributed by atoms with Crippen molar-refractivity contribution in [3.63, 3.8) is 0 Å². The summed E-state index contributed by atoms with van der Waals surface area (Å²) in [5.41, 5.74) is 0. The highest BCUT2D eigenvalue weighted by atomic mass is 31.1. The van der Waals surface area contributed by atoms with Crippen LogP contribution in [0.4, 0.5) is 0 Å². The number of rotatable bonds is 3. The van der Waals surface area contributed by atoms with Gasteiger partial charge in [-0.1, -0.05) is 12.1 Å². The highest BCUT2D eigenvalue weighted by Crippen LogP contribution is 2.31. The lowest BCUT2D eigenvalue weighted by Gasteiger charge is -1.99. The van der Waals surface area contributed by atoms with E-state index in [0.717, 1.165) is 0 Å². The number of hydrogen-bond acceptors (Lipinski definition) is 3. The molecule has 0 fully saturated rings. The van der Waals surface area contributed by atoms with E-state index in [1.165, 1.54) is 7.11 Å². The van der Waals surface area contributed by atoms with Crippen molar-refractivity contribution in [3.05, 3.63) is 24.3 Å². The van der Waals surface area contributed by atoms with Crippen molar-refractivity contribution < 1.29 is 18.7 Å². The second-order valence-corrected chi connectivity index (χ2v) is 2.64. The van der Waals surface area contributed by atoms with Gasteiger partial charge in [-0.2, -0.15) is 0 Å². The fourth-order valence-electron chi connectivity index (χ4n) is 0.778. The van der Waals surface area contributed by atoms with E-state index in [0.29, 0.717) is 5.75 Å². The van der Waals surface area contributed by atoms with Gasteiger partial charge in [-0.25, -0.2) is 4.52 Å². The van der Waals surface area contributed by atoms with Crippen molar-refractivity contribution in [1.82, 2.24) is 0 Å². The minimum absolute atomic E-state index is 0.267. The van der Waals surface area contributed by atoms with Crippen molar-refractivity contribution in [2.24, 2.45) is 0 Å². The molecule has 12 heavy (non-hydrogen) atoms. The van der Waals surface area contributed by atoms with Crippen molar-refractivity contribution in [2.75, 3.05) is 7.11 Å². The lowest BCUT2D eigenvalue weighted by molar-refractivity contribution is 0.372. The average Bonchev–Trinajstić information content (AvgIpc) is 2.04. The fraction of sp³-hybridized carbons (Fsp3) is 0.143. The number of para-hydroxylation sites is 2. The molecule has 0 spiro atoms. The average molecular weight is 187 g/mol. The van der Waals surface area contributed by atoms with Gasteiger partial charge in [-0.15, -0.1) is 4.89 Å². The monoisotopic (exact) mass is 187 g/mol. The summed E-state index contributed by atoms with van der Waals surface area (Å²) in [4.78, 5) is 8.46. The second-order valence-electron chi connectivity index (χ2n) is 1.98. The minimum Gasteiger partial charge on any atom is -0.493 e. The standard InChI is InChI=1S/C7H7O4P/c1-10-6-4-2-3-5-7(6)11-12(8)9/h2-5H,1H3/p+1. The van der Waals surface area contributed by atoms with Gasteiger partial charge in [0, 0.05) is 4.57 Å².